The molecular formula is C11H13BrFNO2S. The van der Waals surface area contributed by atoms with Crippen LogP contribution in [0.25, 0.3) is 0 Å². The Kier molecular flexibility index (Phi) is 3.08. The lowest BCUT2D eigenvalue weighted by Gasteiger charge is -2.11. The Bertz CT molecular complexity index is 544. The number of halogens is 2. The second kappa shape index (κ2) is 4.03. The SMILES string of the molecule is CS(=O)(=O)c1c(F)cc(CC2(N)CC2)cc1Br. The highest BCUT2D eigenvalue weighted by Crippen LogP contribution is 2.37. The van der Waals surface area contributed by atoms with Crippen molar-refractivity contribution in [2.45, 2.75) is 29.7 Å². The maximum Gasteiger partial charge on any atom is 0.179 e. The molecule has 1 aromatic carbocycles. The van der Waals surface area contributed by atoms with Crippen molar-refractivity contribution in [2.75, 3.05) is 6.26 Å². The van der Waals surface area contributed by atoms with Crippen molar-refractivity contribution in [1.29, 1.82) is 0 Å². The molecule has 1 fully saturated rings. The van der Waals surface area contributed by atoms with Gasteiger partial charge in [0.05, 0.1) is 0 Å². The van der Waals surface area contributed by atoms with Crippen LogP contribution in [0.5, 0.6) is 0 Å². The van der Waals surface area contributed by atoms with Crippen LogP contribution < -0.4 is 5.73 Å². The number of sulfone groups is 1. The van der Waals surface area contributed by atoms with Gasteiger partial charge in [0.1, 0.15) is 10.7 Å². The van der Waals surface area contributed by atoms with Gasteiger partial charge < -0.3 is 5.73 Å². The molecule has 17 heavy (non-hydrogen) atoms. The lowest BCUT2D eigenvalue weighted by atomic mass is 10.1. The van der Waals surface area contributed by atoms with E-state index in [9.17, 15) is 12.8 Å². The number of benzene rings is 1. The quantitative estimate of drug-likeness (QED) is 0.926. The summed E-state index contributed by atoms with van der Waals surface area (Å²) in [5.41, 5.74) is 6.45. The van der Waals surface area contributed by atoms with E-state index in [-0.39, 0.29) is 14.9 Å². The second-order valence-corrected chi connectivity index (χ2v) is 7.51. The molecule has 2 rings (SSSR count). The summed E-state index contributed by atoms with van der Waals surface area (Å²) in [6.07, 6.45) is 3.42. The van der Waals surface area contributed by atoms with E-state index in [1.807, 2.05) is 0 Å². The topological polar surface area (TPSA) is 60.2 Å². The summed E-state index contributed by atoms with van der Waals surface area (Å²) < 4.78 is 36.8. The summed E-state index contributed by atoms with van der Waals surface area (Å²) in [4.78, 5) is -0.289. The Morgan fingerprint density at radius 2 is 2.06 bits per heavy atom. The molecule has 1 aliphatic carbocycles. The van der Waals surface area contributed by atoms with Gasteiger partial charge in [0, 0.05) is 16.3 Å². The minimum atomic E-state index is -3.56. The van der Waals surface area contributed by atoms with Crippen LogP contribution in [0, 0.1) is 5.82 Å². The van der Waals surface area contributed by atoms with Gasteiger partial charge in [-0.25, -0.2) is 12.8 Å². The first kappa shape index (κ1) is 13.0. The molecule has 0 atom stereocenters. The fourth-order valence-electron chi connectivity index (χ4n) is 1.81. The maximum atomic E-state index is 13.8. The summed E-state index contributed by atoms with van der Waals surface area (Å²) in [5, 5.41) is 0. The van der Waals surface area contributed by atoms with Crippen LogP contribution in [0.15, 0.2) is 21.5 Å². The first-order chi connectivity index (χ1) is 7.71. The van der Waals surface area contributed by atoms with E-state index in [2.05, 4.69) is 15.9 Å². The molecule has 1 saturated carbocycles. The summed E-state index contributed by atoms with van der Waals surface area (Å²) in [6, 6.07) is 2.89. The van der Waals surface area contributed by atoms with E-state index >= 15 is 0 Å². The summed E-state index contributed by atoms with van der Waals surface area (Å²) >= 11 is 3.10. The van der Waals surface area contributed by atoms with Crippen LogP contribution in [0.3, 0.4) is 0 Å². The summed E-state index contributed by atoms with van der Waals surface area (Å²) in [5.74, 6) is -0.721. The van der Waals surface area contributed by atoms with Crippen molar-refractivity contribution in [3.05, 3.63) is 28.0 Å². The predicted octanol–water partition coefficient (Wildman–Crippen LogP) is 2.03. The van der Waals surface area contributed by atoms with Gasteiger partial charge in [-0.1, -0.05) is 0 Å². The standard InChI is InChI=1S/C11H13BrFNO2S/c1-17(15,16)10-8(12)4-7(5-9(10)13)6-11(14)2-3-11/h4-5H,2-3,6,14H2,1H3. The monoisotopic (exact) mass is 321 g/mol. The minimum absolute atomic E-state index is 0.224. The normalized spacial score (nSPS) is 18.1. The van der Waals surface area contributed by atoms with Gasteiger partial charge in [-0.05, 0) is 52.9 Å². The van der Waals surface area contributed by atoms with Crippen LogP contribution >= 0.6 is 15.9 Å². The first-order valence-corrected chi connectivity index (χ1v) is 7.87. The zero-order valence-electron chi connectivity index (χ0n) is 9.33. The summed E-state index contributed by atoms with van der Waals surface area (Å²) in [7, 11) is -3.56. The third kappa shape index (κ3) is 2.86. The van der Waals surface area contributed by atoms with Crippen LogP contribution in [0.2, 0.25) is 0 Å². The molecule has 1 aliphatic rings. The maximum absolute atomic E-state index is 13.8. The van der Waals surface area contributed by atoms with Gasteiger partial charge in [-0.3, -0.25) is 0 Å². The van der Waals surface area contributed by atoms with Gasteiger partial charge in [0.25, 0.3) is 0 Å². The van der Waals surface area contributed by atoms with Crippen molar-refractivity contribution in [2.24, 2.45) is 5.73 Å². The third-order valence-electron chi connectivity index (χ3n) is 2.88. The van der Waals surface area contributed by atoms with E-state index in [4.69, 9.17) is 5.73 Å². The Hall–Kier alpha value is -0.460. The Labute approximate surface area is 108 Å². The molecule has 6 heteroatoms. The van der Waals surface area contributed by atoms with Gasteiger partial charge in [-0.15, -0.1) is 0 Å². The van der Waals surface area contributed by atoms with Gasteiger partial charge in [-0.2, -0.15) is 0 Å². The molecule has 3 nitrogen and oxygen atoms in total. The van der Waals surface area contributed by atoms with Crippen molar-refractivity contribution in [3.63, 3.8) is 0 Å². The zero-order valence-corrected chi connectivity index (χ0v) is 11.7. The highest BCUT2D eigenvalue weighted by molar-refractivity contribution is 9.10. The van der Waals surface area contributed by atoms with E-state index in [1.54, 1.807) is 6.07 Å². The molecule has 0 unspecified atom stereocenters. The average Bonchev–Trinajstić information content (AvgIpc) is 2.78. The molecular weight excluding hydrogens is 309 g/mol. The molecule has 1 aromatic rings. The number of hydrogen-bond acceptors (Lipinski definition) is 3. The fraction of sp³-hybridized carbons (Fsp3) is 0.455. The number of hydrogen-bond donors (Lipinski definition) is 1. The second-order valence-electron chi connectivity index (χ2n) is 4.70. The zero-order chi connectivity index (χ0) is 12.8. The van der Waals surface area contributed by atoms with Gasteiger partial charge >= 0.3 is 0 Å². The Morgan fingerprint density at radius 3 is 2.47 bits per heavy atom. The summed E-state index contributed by atoms with van der Waals surface area (Å²) in [6.45, 7) is 0. The highest BCUT2D eigenvalue weighted by Gasteiger charge is 2.38. The Morgan fingerprint density at radius 1 is 1.47 bits per heavy atom. The molecule has 0 heterocycles. The van der Waals surface area contributed by atoms with Crippen molar-refractivity contribution >= 4 is 25.8 Å². The molecule has 0 saturated heterocycles. The molecule has 0 aromatic heterocycles. The van der Waals surface area contributed by atoms with Crippen molar-refractivity contribution in [1.82, 2.24) is 0 Å². The van der Waals surface area contributed by atoms with Crippen LogP contribution in [0.4, 0.5) is 4.39 Å². The van der Waals surface area contributed by atoms with Gasteiger partial charge in [0.15, 0.2) is 9.84 Å². The van der Waals surface area contributed by atoms with Crippen LogP contribution in [-0.2, 0) is 16.3 Å². The van der Waals surface area contributed by atoms with Crippen LogP contribution in [-0.4, -0.2) is 20.2 Å². The fourth-order valence-corrected chi connectivity index (χ4v) is 4.00. The molecule has 0 aliphatic heterocycles. The minimum Gasteiger partial charge on any atom is -0.325 e. The lowest BCUT2D eigenvalue weighted by molar-refractivity contribution is 0.565. The van der Waals surface area contributed by atoms with E-state index in [1.165, 1.54) is 6.07 Å². The van der Waals surface area contributed by atoms with Crippen molar-refractivity contribution in [3.8, 4) is 0 Å². The molecule has 0 amide bonds. The predicted molar refractivity (Wildman–Crippen MR) is 67.1 cm³/mol. The van der Waals surface area contributed by atoms with E-state index in [0.717, 1.165) is 24.7 Å². The van der Waals surface area contributed by atoms with Crippen molar-refractivity contribution < 1.29 is 12.8 Å². The average molecular weight is 322 g/mol. The third-order valence-corrected chi connectivity index (χ3v) is 4.92. The Balaban J connectivity index is 2.41. The molecule has 0 radical (unpaired) electrons. The largest absolute Gasteiger partial charge is 0.325 e. The van der Waals surface area contributed by atoms with E-state index in [0.29, 0.717) is 6.42 Å². The molecule has 0 spiro atoms. The molecule has 0 bridgehead atoms. The van der Waals surface area contributed by atoms with Gasteiger partial charge in [0.2, 0.25) is 0 Å². The number of nitrogens with two attached hydrogens (primary N) is 1. The first-order valence-electron chi connectivity index (χ1n) is 5.18. The van der Waals surface area contributed by atoms with E-state index < -0.39 is 15.7 Å². The van der Waals surface area contributed by atoms with Crippen LogP contribution in [0.1, 0.15) is 18.4 Å². The lowest BCUT2D eigenvalue weighted by Crippen LogP contribution is -2.24. The molecule has 2 N–H and O–H groups in total. The highest BCUT2D eigenvalue weighted by atomic mass is 79.9. The smallest absolute Gasteiger partial charge is 0.179 e. The molecule has 94 valence electrons. The number of rotatable bonds is 3.